The van der Waals surface area contributed by atoms with E-state index in [-0.39, 0.29) is 0 Å². The fourth-order valence-corrected chi connectivity index (χ4v) is 2.26. The lowest BCUT2D eigenvalue weighted by Gasteiger charge is -2.05. The summed E-state index contributed by atoms with van der Waals surface area (Å²) >= 11 is 5.25. The Morgan fingerprint density at radius 3 is 2.59 bits per heavy atom. The van der Waals surface area contributed by atoms with Crippen LogP contribution in [0.5, 0.6) is 0 Å². The zero-order chi connectivity index (χ0) is 12.6. The predicted molar refractivity (Wildman–Crippen MR) is 69.4 cm³/mol. The van der Waals surface area contributed by atoms with Gasteiger partial charge in [-0.15, -0.1) is 0 Å². The summed E-state index contributed by atoms with van der Waals surface area (Å²) in [6, 6.07) is 0. The number of hydrogen-bond acceptors (Lipinski definition) is 3. The lowest BCUT2D eigenvalue weighted by atomic mass is 10.2. The third-order valence-electron chi connectivity index (χ3n) is 2.94. The van der Waals surface area contributed by atoms with Gasteiger partial charge < -0.3 is 4.57 Å². The highest BCUT2D eigenvalue weighted by molar-refractivity contribution is 7.71. The smallest absolute Gasteiger partial charge is 0.195 e. The Morgan fingerprint density at radius 2 is 2.06 bits per heavy atom. The van der Waals surface area contributed by atoms with Gasteiger partial charge in [0.15, 0.2) is 10.6 Å². The van der Waals surface area contributed by atoms with Gasteiger partial charge in [-0.2, -0.15) is 10.2 Å². The van der Waals surface area contributed by atoms with Gasteiger partial charge in [-0.1, -0.05) is 6.92 Å². The van der Waals surface area contributed by atoms with E-state index in [1.807, 2.05) is 30.1 Å². The Bertz CT molecular complexity index is 590. The van der Waals surface area contributed by atoms with Gasteiger partial charge in [-0.3, -0.25) is 9.78 Å². The molecule has 0 fully saturated rings. The Labute approximate surface area is 105 Å². The number of rotatable bonds is 3. The lowest BCUT2D eigenvalue weighted by Crippen LogP contribution is -2.01. The van der Waals surface area contributed by atoms with E-state index in [1.54, 1.807) is 0 Å². The minimum atomic E-state index is 0.671. The Kier molecular flexibility index (Phi) is 3.15. The Morgan fingerprint density at radius 1 is 1.35 bits per heavy atom. The predicted octanol–water partition coefficient (Wildman–Crippen LogP) is 2.37. The first-order chi connectivity index (χ1) is 8.06. The molecule has 0 saturated carbocycles. The second-order valence-electron chi connectivity index (χ2n) is 4.17. The Hall–Kier alpha value is -1.43. The number of aryl methyl sites for hydroxylation is 2. The number of aromatic amines is 1. The van der Waals surface area contributed by atoms with Crippen LogP contribution in [0.1, 0.15) is 24.7 Å². The van der Waals surface area contributed by atoms with E-state index in [2.05, 4.69) is 22.2 Å². The van der Waals surface area contributed by atoms with Crippen molar-refractivity contribution in [2.24, 2.45) is 7.05 Å². The van der Waals surface area contributed by atoms with E-state index in [1.165, 1.54) is 0 Å². The molecule has 0 radical (unpaired) electrons. The third-order valence-corrected chi connectivity index (χ3v) is 3.25. The van der Waals surface area contributed by atoms with Crippen molar-refractivity contribution in [2.45, 2.75) is 33.7 Å². The molecule has 2 heterocycles. The third kappa shape index (κ3) is 1.93. The zero-order valence-electron chi connectivity index (χ0n) is 10.6. The summed E-state index contributed by atoms with van der Waals surface area (Å²) in [5, 5.41) is 11.6. The number of hydrogen-bond donors (Lipinski definition) is 1. The minimum Gasteiger partial charge on any atom is -0.300 e. The van der Waals surface area contributed by atoms with E-state index < -0.39 is 0 Å². The maximum Gasteiger partial charge on any atom is 0.195 e. The van der Waals surface area contributed by atoms with Crippen LogP contribution in [0.4, 0.5) is 0 Å². The maximum atomic E-state index is 5.25. The standard InChI is InChI=1S/C11H17N5S/c1-5-6-16-10(12-13-11(16)17)9-7(2)14-15(4)8(9)3/h5-6H2,1-4H3,(H,13,17). The molecule has 0 bridgehead atoms. The average Bonchev–Trinajstić information content (AvgIpc) is 2.73. The second-order valence-corrected chi connectivity index (χ2v) is 4.56. The van der Waals surface area contributed by atoms with E-state index in [4.69, 9.17) is 12.2 Å². The lowest BCUT2D eigenvalue weighted by molar-refractivity contribution is 0.674. The molecule has 2 aromatic rings. The molecule has 0 unspecified atom stereocenters. The largest absolute Gasteiger partial charge is 0.300 e. The maximum absolute atomic E-state index is 5.25. The van der Waals surface area contributed by atoms with Crippen LogP contribution in [0.25, 0.3) is 11.4 Å². The molecule has 92 valence electrons. The van der Waals surface area contributed by atoms with Crippen molar-refractivity contribution in [1.82, 2.24) is 24.5 Å². The molecule has 0 amide bonds. The molecule has 0 aliphatic carbocycles. The van der Waals surface area contributed by atoms with Gasteiger partial charge in [0.25, 0.3) is 0 Å². The van der Waals surface area contributed by atoms with Crippen LogP contribution in [-0.2, 0) is 13.6 Å². The van der Waals surface area contributed by atoms with E-state index in [0.717, 1.165) is 35.7 Å². The van der Waals surface area contributed by atoms with Crippen LogP contribution in [0.2, 0.25) is 0 Å². The molecule has 5 nitrogen and oxygen atoms in total. The zero-order valence-corrected chi connectivity index (χ0v) is 11.4. The van der Waals surface area contributed by atoms with Gasteiger partial charge in [0.1, 0.15) is 0 Å². The van der Waals surface area contributed by atoms with Crippen molar-refractivity contribution >= 4 is 12.2 Å². The van der Waals surface area contributed by atoms with Crippen LogP contribution in [0, 0.1) is 18.6 Å². The molecule has 0 saturated heterocycles. The summed E-state index contributed by atoms with van der Waals surface area (Å²) in [7, 11) is 1.94. The normalized spacial score (nSPS) is 11.1. The summed E-state index contributed by atoms with van der Waals surface area (Å²) < 4.78 is 4.58. The van der Waals surface area contributed by atoms with E-state index in [9.17, 15) is 0 Å². The quantitative estimate of drug-likeness (QED) is 0.852. The SMILES string of the molecule is CCCn1c(-c2c(C)nn(C)c2C)n[nH]c1=S. The molecule has 0 spiro atoms. The van der Waals surface area contributed by atoms with Gasteiger partial charge in [-0.25, -0.2) is 0 Å². The first-order valence-corrected chi connectivity index (χ1v) is 6.12. The van der Waals surface area contributed by atoms with Crippen LogP contribution in [-0.4, -0.2) is 24.5 Å². The van der Waals surface area contributed by atoms with Crippen molar-refractivity contribution in [3.05, 3.63) is 16.2 Å². The van der Waals surface area contributed by atoms with Gasteiger partial charge in [0.2, 0.25) is 0 Å². The van der Waals surface area contributed by atoms with Crippen LogP contribution in [0.3, 0.4) is 0 Å². The molecule has 0 atom stereocenters. The van der Waals surface area contributed by atoms with Crippen molar-refractivity contribution in [3.8, 4) is 11.4 Å². The molecule has 1 N–H and O–H groups in total. The van der Waals surface area contributed by atoms with Gasteiger partial charge in [-0.05, 0) is 32.5 Å². The van der Waals surface area contributed by atoms with Crippen molar-refractivity contribution in [2.75, 3.05) is 0 Å². The van der Waals surface area contributed by atoms with Crippen molar-refractivity contribution in [1.29, 1.82) is 0 Å². The van der Waals surface area contributed by atoms with E-state index >= 15 is 0 Å². The second kappa shape index (κ2) is 4.44. The highest BCUT2D eigenvalue weighted by Gasteiger charge is 2.17. The number of aromatic nitrogens is 5. The first-order valence-electron chi connectivity index (χ1n) is 5.72. The number of nitrogens with one attached hydrogen (secondary N) is 1. The molecular weight excluding hydrogens is 234 g/mol. The highest BCUT2D eigenvalue weighted by Crippen LogP contribution is 2.24. The molecule has 0 aromatic carbocycles. The fraction of sp³-hybridized carbons (Fsp3) is 0.545. The molecule has 0 aliphatic rings. The number of nitrogens with zero attached hydrogens (tertiary/aromatic N) is 4. The van der Waals surface area contributed by atoms with Crippen LogP contribution < -0.4 is 0 Å². The van der Waals surface area contributed by atoms with Crippen LogP contribution in [0.15, 0.2) is 0 Å². The van der Waals surface area contributed by atoms with Crippen LogP contribution >= 0.6 is 12.2 Å². The fourth-order valence-electron chi connectivity index (χ4n) is 2.04. The molecule has 17 heavy (non-hydrogen) atoms. The molecule has 0 aliphatic heterocycles. The first kappa shape index (κ1) is 12.0. The summed E-state index contributed by atoms with van der Waals surface area (Å²) in [5.74, 6) is 0.889. The van der Waals surface area contributed by atoms with Gasteiger partial charge in [0.05, 0.1) is 11.3 Å². The minimum absolute atomic E-state index is 0.671. The van der Waals surface area contributed by atoms with E-state index in [0.29, 0.717) is 4.77 Å². The van der Waals surface area contributed by atoms with Gasteiger partial charge >= 0.3 is 0 Å². The monoisotopic (exact) mass is 251 g/mol. The van der Waals surface area contributed by atoms with Gasteiger partial charge in [0, 0.05) is 19.3 Å². The summed E-state index contributed by atoms with van der Waals surface area (Å²) in [5.41, 5.74) is 3.17. The summed E-state index contributed by atoms with van der Waals surface area (Å²) in [6.07, 6.45) is 1.03. The highest BCUT2D eigenvalue weighted by atomic mass is 32.1. The molecular formula is C11H17N5S. The summed E-state index contributed by atoms with van der Waals surface area (Å²) in [4.78, 5) is 0. The topological polar surface area (TPSA) is 51.4 Å². The van der Waals surface area contributed by atoms with Crippen molar-refractivity contribution in [3.63, 3.8) is 0 Å². The molecule has 2 aromatic heterocycles. The average molecular weight is 251 g/mol. The van der Waals surface area contributed by atoms with Crippen molar-refractivity contribution < 1.29 is 0 Å². The molecule has 6 heteroatoms. The molecule has 2 rings (SSSR count). The number of H-pyrrole nitrogens is 1. The summed E-state index contributed by atoms with van der Waals surface area (Å²) in [6.45, 7) is 7.04. The Balaban J connectivity index is 2.64.